The first kappa shape index (κ1) is 13.1. The van der Waals surface area contributed by atoms with Gasteiger partial charge in [-0.1, -0.05) is 12.8 Å². The summed E-state index contributed by atoms with van der Waals surface area (Å²) in [6, 6.07) is -0.876. The molecular formula is C13H18N4O3. The lowest BCUT2D eigenvalue weighted by Crippen LogP contribution is -2.59. The molecule has 0 spiro atoms. The van der Waals surface area contributed by atoms with Crippen LogP contribution in [-0.4, -0.2) is 43.4 Å². The number of carboxylic acids is 1. The van der Waals surface area contributed by atoms with Crippen molar-refractivity contribution >= 4 is 11.9 Å². The number of aliphatic carboxylic acids is 1. The summed E-state index contributed by atoms with van der Waals surface area (Å²) in [5, 5.41) is 9.37. The molecule has 1 amide bonds. The minimum Gasteiger partial charge on any atom is -0.480 e. The van der Waals surface area contributed by atoms with Crippen LogP contribution in [0.5, 0.6) is 0 Å². The molecule has 0 saturated heterocycles. The van der Waals surface area contributed by atoms with Crippen molar-refractivity contribution in [3.05, 3.63) is 17.7 Å². The topological polar surface area (TPSA) is 112 Å². The van der Waals surface area contributed by atoms with Crippen LogP contribution in [0, 0.1) is 0 Å². The fourth-order valence-electron chi connectivity index (χ4n) is 3.18. The van der Waals surface area contributed by atoms with Gasteiger partial charge in [0.25, 0.3) is 0 Å². The number of fused-ring (bicyclic) bond motifs is 1. The third kappa shape index (κ3) is 1.98. The van der Waals surface area contributed by atoms with E-state index in [1.54, 1.807) is 0 Å². The van der Waals surface area contributed by atoms with Crippen LogP contribution in [0.4, 0.5) is 0 Å². The zero-order valence-electron chi connectivity index (χ0n) is 11.1. The van der Waals surface area contributed by atoms with Crippen LogP contribution in [0.2, 0.25) is 0 Å². The summed E-state index contributed by atoms with van der Waals surface area (Å²) in [5.74, 6) is -1.25. The van der Waals surface area contributed by atoms with Crippen LogP contribution in [-0.2, 0) is 22.6 Å². The highest BCUT2D eigenvalue weighted by Crippen LogP contribution is 2.32. The Morgan fingerprint density at radius 1 is 1.45 bits per heavy atom. The summed E-state index contributed by atoms with van der Waals surface area (Å²) in [4.78, 5) is 32.6. The van der Waals surface area contributed by atoms with Gasteiger partial charge in [-0.15, -0.1) is 0 Å². The maximum Gasteiger partial charge on any atom is 0.326 e. The van der Waals surface area contributed by atoms with Gasteiger partial charge in [-0.05, 0) is 12.8 Å². The highest BCUT2D eigenvalue weighted by Gasteiger charge is 2.45. The van der Waals surface area contributed by atoms with Gasteiger partial charge in [-0.2, -0.15) is 0 Å². The molecule has 1 aromatic rings. The summed E-state index contributed by atoms with van der Waals surface area (Å²) >= 11 is 0. The van der Waals surface area contributed by atoms with E-state index in [-0.39, 0.29) is 18.9 Å². The molecule has 108 valence electrons. The number of nitrogens with two attached hydrogens (primary N) is 1. The number of aromatic nitrogens is 2. The molecule has 1 aromatic heterocycles. The molecule has 1 unspecified atom stereocenters. The lowest BCUT2D eigenvalue weighted by Gasteiger charge is -2.37. The second-order valence-corrected chi connectivity index (χ2v) is 5.68. The molecule has 0 bridgehead atoms. The van der Waals surface area contributed by atoms with Gasteiger partial charge in [0.1, 0.15) is 6.04 Å². The number of carbonyl (C=O) groups excluding carboxylic acids is 1. The van der Waals surface area contributed by atoms with E-state index in [4.69, 9.17) is 5.73 Å². The normalized spacial score (nSPS) is 24.4. The molecule has 3 rings (SSSR count). The van der Waals surface area contributed by atoms with Crippen molar-refractivity contribution in [2.45, 2.75) is 50.2 Å². The SMILES string of the molecule is NC1(C(=O)N2Cc3[nH]cnc3CC2C(=O)O)CCCC1. The number of aromatic amines is 1. The van der Waals surface area contributed by atoms with Crippen molar-refractivity contribution in [2.24, 2.45) is 5.73 Å². The van der Waals surface area contributed by atoms with Crippen molar-refractivity contribution in [1.29, 1.82) is 0 Å². The van der Waals surface area contributed by atoms with Gasteiger partial charge in [0, 0.05) is 6.42 Å². The zero-order chi connectivity index (χ0) is 14.3. The predicted molar refractivity (Wildman–Crippen MR) is 69.7 cm³/mol. The number of amides is 1. The van der Waals surface area contributed by atoms with Crippen molar-refractivity contribution < 1.29 is 14.7 Å². The lowest BCUT2D eigenvalue weighted by atomic mass is 9.93. The Balaban J connectivity index is 1.90. The molecule has 1 aliphatic heterocycles. The molecule has 1 aliphatic carbocycles. The highest BCUT2D eigenvalue weighted by molar-refractivity contribution is 5.90. The molecule has 1 saturated carbocycles. The van der Waals surface area contributed by atoms with Crippen molar-refractivity contribution in [3.63, 3.8) is 0 Å². The Kier molecular flexibility index (Phi) is 3.01. The minimum atomic E-state index is -1.01. The number of imidazole rings is 1. The number of rotatable bonds is 2. The van der Waals surface area contributed by atoms with Gasteiger partial charge in [0.05, 0.1) is 29.8 Å². The molecule has 2 heterocycles. The molecular weight excluding hydrogens is 260 g/mol. The number of H-pyrrole nitrogens is 1. The number of hydrogen-bond donors (Lipinski definition) is 3. The third-order valence-corrected chi connectivity index (χ3v) is 4.37. The van der Waals surface area contributed by atoms with Crippen LogP contribution >= 0.6 is 0 Å². The summed E-state index contributed by atoms with van der Waals surface area (Å²) in [7, 11) is 0. The van der Waals surface area contributed by atoms with Crippen LogP contribution in [0.25, 0.3) is 0 Å². The Bertz CT molecular complexity index is 548. The fourth-order valence-corrected chi connectivity index (χ4v) is 3.18. The van der Waals surface area contributed by atoms with Crippen LogP contribution in [0.15, 0.2) is 6.33 Å². The Labute approximate surface area is 116 Å². The van der Waals surface area contributed by atoms with Crippen molar-refractivity contribution in [1.82, 2.24) is 14.9 Å². The average molecular weight is 278 g/mol. The van der Waals surface area contributed by atoms with E-state index in [9.17, 15) is 14.7 Å². The average Bonchev–Trinajstić information content (AvgIpc) is 3.05. The molecule has 1 atom stereocenters. The quantitative estimate of drug-likeness (QED) is 0.706. The number of carboxylic acid groups (broad SMARTS) is 1. The minimum absolute atomic E-state index is 0.232. The molecule has 1 fully saturated rings. The first-order chi connectivity index (χ1) is 9.51. The van der Waals surface area contributed by atoms with E-state index in [2.05, 4.69) is 9.97 Å². The Morgan fingerprint density at radius 2 is 2.15 bits per heavy atom. The molecule has 7 nitrogen and oxygen atoms in total. The third-order valence-electron chi connectivity index (χ3n) is 4.37. The maximum atomic E-state index is 12.7. The van der Waals surface area contributed by atoms with Gasteiger partial charge < -0.3 is 20.7 Å². The molecule has 2 aliphatic rings. The standard InChI is InChI=1S/C13H18N4O3/c14-13(3-1-2-4-13)12(20)17-6-9-8(15-7-16-9)5-10(17)11(18)19/h7,10H,1-6,14H2,(H,15,16)(H,18,19). The molecule has 20 heavy (non-hydrogen) atoms. The molecule has 0 radical (unpaired) electrons. The van der Waals surface area contributed by atoms with Crippen molar-refractivity contribution in [3.8, 4) is 0 Å². The number of carbonyl (C=O) groups is 2. The number of nitrogens with one attached hydrogen (secondary N) is 1. The maximum absolute atomic E-state index is 12.7. The lowest BCUT2D eigenvalue weighted by molar-refractivity contribution is -0.154. The zero-order valence-corrected chi connectivity index (χ0v) is 11.1. The van der Waals surface area contributed by atoms with Gasteiger partial charge in [0.15, 0.2) is 0 Å². The molecule has 0 aromatic carbocycles. The first-order valence-corrected chi connectivity index (χ1v) is 6.85. The summed E-state index contributed by atoms with van der Waals surface area (Å²) in [6.45, 7) is 0.240. The summed E-state index contributed by atoms with van der Waals surface area (Å²) in [6.07, 6.45) is 4.86. The van der Waals surface area contributed by atoms with Gasteiger partial charge >= 0.3 is 5.97 Å². The first-order valence-electron chi connectivity index (χ1n) is 6.85. The van der Waals surface area contributed by atoms with E-state index in [0.29, 0.717) is 12.8 Å². The smallest absolute Gasteiger partial charge is 0.326 e. The van der Waals surface area contributed by atoms with Gasteiger partial charge in [-0.25, -0.2) is 9.78 Å². The summed E-state index contributed by atoms with van der Waals surface area (Å²) in [5.41, 5.74) is 6.81. The Morgan fingerprint density at radius 3 is 2.80 bits per heavy atom. The van der Waals surface area contributed by atoms with Crippen LogP contribution < -0.4 is 5.73 Å². The predicted octanol–water partition coefficient (Wildman–Crippen LogP) is 0.0191. The Hall–Kier alpha value is -1.89. The van der Waals surface area contributed by atoms with Crippen LogP contribution in [0.1, 0.15) is 37.1 Å². The van der Waals surface area contributed by atoms with Crippen LogP contribution in [0.3, 0.4) is 0 Å². The number of nitrogens with zero attached hydrogens (tertiary/aromatic N) is 2. The molecule has 7 heteroatoms. The van der Waals surface area contributed by atoms with E-state index >= 15 is 0 Å². The van der Waals surface area contributed by atoms with E-state index in [1.807, 2.05) is 0 Å². The number of hydrogen-bond acceptors (Lipinski definition) is 4. The van der Waals surface area contributed by atoms with E-state index < -0.39 is 17.6 Å². The highest BCUT2D eigenvalue weighted by atomic mass is 16.4. The largest absolute Gasteiger partial charge is 0.480 e. The summed E-state index contributed by atoms with van der Waals surface area (Å²) < 4.78 is 0. The van der Waals surface area contributed by atoms with Gasteiger partial charge in [0.2, 0.25) is 5.91 Å². The fraction of sp³-hybridized carbons (Fsp3) is 0.615. The second-order valence-electron chi connectivity index (χ2n) is 5.68. The second kappa shape index (κ2) is 4.59. The van der Waals surface area contributed by atoms with Crippen molar-refractivity contribution in [2.75, 3.05) is 0 Å². The monoisotopic (exact) mass is 278 g/mol. The van der Waals surface area contributed by atoms with Gasteiger partial charge in [-0.3, -0.25) is 4.79 Å². The molecule has 4 N–H and O–H groups in total. The van der Waals surface area contributed by atoms with E-state index in [0.717, 1.165) is 24.2 Å². The van der Waals surface area contributed by atoms with E-state index in [1.165, 1.54) is 11.2 Å².